The van der Waals surface area contributed by atoms with Crippen molar-refractivity contribution in [1.29, 1.82) is 0 Å². The highest BCUT2D eigenvalue weighted by Crippen LogP contribution is 2.21. The molecule has 1 heterocycles. The fourth-order valence-corrected chi connectivity index (χ4v) is 2.43. The second kappa shape index (κ2) is 7.48. The SMILES string of the molecule is COc1ccc(C(=O)N(C(=O)c2ccccc2)c2cc(N)ccn2)cc1. The molecule has 26 heavy (non-hydrogen) atoms. The van der Waals surface area contributed by atoms with Gasteiger partial charge in [-0.05, 0) is 42.5 Å². The second-order valence-electron chi connectivity index (χ2n) is 5.49. The first-order chi connectivity index (χ1) is 12.6. The lowest BCUT2D eigenvalue weighted by Crippen LogP contribution is -2.37. The highest BCUT2D eigenvalue weighted by atomic mass is 16.5. The first-order valence-corrected chi connectivity index (χ1v) is 7.89. The molecule has 130 valence electrons. The normalized spacial score (nSPS) is 10.2. The molecule has 0 atom stereocenters. The smallest absolute Gasteiger partial charge is 0.266 e. The van der Waals surface area contributed by atoms with Crippen molar-refractivity contribution >= 4 is 23.3 Å². The van der Waals surface area contributed by atoms with Gasteiger partial charge < -0.3 is 10.5 Å². The van der Waals surface area contributed by atoms with Crippen molar-refractivity contribution in [1.82, 2.24) is 4.98 Å². The van der Waals surface area contributed by atoms with Crippen LogP contribution in [0, 0.1) is 0 Å². The van der Waals surface area contributed by atoms with E-state index in [1.807, 2.05) is 0 Å². The van der Waals surface area contributed by atoms with Gasteiger partial charge in [0.2, 0.25) is 0 Å². The molecule has 2 N–H and O–H groups in total. The molecule has 0 saturated carbocycles. The number of amides is 2. The summed E-state index contributed by atoms with van der Waals surface area (Å²) >= 11 is 0. The maximum atomic E-state index is 13.1. The largest absolute Gasteiger partial charge is 0.497 e. The van der Waals surface area contributed by atoms with Crippen LogP contribution in [0.5, 0.6) is 5.75 Å². The van der Waals surface area contributed by atoms with E-state index in [1.165, 1.54) is 12.3 Å². The van der Waals surface area contributed by atoms with Gasteiger partial charge in [0, 0.05) is 29.1 Å². The van der Waals surface area contributed by atoms with Crippen molar-refractivity contribution in [2.45, 2.75) is 0 Å². The van der Waals surface area contributed by atoms with Crippen LogP contribution in [0.15, 0.2) is 72.9 Å². The Morgan fingerprint density at radius 3 is 2.12 bits per heavy atom. The van der Waals surface area contributed by atoms with Crippen molar-refractivity contribution in [3.63, 3.8) is 0 Å². The molecule has 0 fully saturated rings. The Balaban J connectivity index is 2.04. The molecule has 6 nitrogen and oxygen atoms in total. The molecular formula is C20H17N3O3. The molecule has 3 aromatic rings. The van der Waals surface area contributed by atoms with E-state index < -0.39 is 11.8 Å². The van der Waals surface area contributed by atoms with Crippen molar-refractivity contribution in [3.8, 4) is 5.75 Å². The molecule has 0 aliphatic heterocycles. The van der Waals surface area contributed by atoms with E-state index >= 15 is 0 Å². The molecule has 0 spiro atoms. The third-order valence-electron chi connectivity index (χ3n) is 3.76. The number of nitrogens with zero attached hydrogens (tertiary/aromatic N) is 2. The number of carbonyl (C=O) groups excluding carboxylic acids is 2. The number of hydrogen-bond acceptors (Lipinski definition) is 5. The van der Waals surface area contributed by atoms with Crippen molar-refractivity contribution in [2.24, 2.45) is 0 Å². The van der Waals surface area contributed by atoms with Crippen molar-refractivity contribution in [3.05, 3.63) is 84.1 Å². The average molecular weight is 347 g/mol. The highest BCUT2D eigenvalue weighted by molar-refractivity contribution is 6.25. The molecule has 0 radical (unpaired) electrons. The minimum absolute atomic E-state index is 0.166. The van der Waals surface area contributed by atoms with Gasteiger partial charge in [-0.2, -0.15) is 0 Å². The van der Waals surface area contributed by atoms with E-state index in [0.29, 0.717) is 22.6 Å². The molecule has 0 aliphatic carbocycles. The summed E-state index contributed by atoms with van der Waals surface area (Å²) in [4.78, 5) is 31.2. The van der Waals surface area contributed by atoms with E-state index in [9.17, 15) is 9.59 Å². The fraction of sp³-hybridized carbons (Fsp3) is 0.0500. The van der Waals surface area contributed by atoms with Crippen molar-refractivity contribution in [2.75, 3.05) is 17.7 Å². The zero-order valence-electron chi connectivity index (χ0n) is 14.1. The van der Waals surface area contributed by atoms with E-state index in [1.54, 1.807) is 67.8 Å². The van der Waals surface area contributed by atoms with Gasteiger partial charge in [-0.3, -0.25) is 9.59 Å². The Bertz CT molecular complexity index is 925. The molecule has 2 aromatic carbocycles. The van der Waals surface area contributed by atoms with E-state index in [4.69, 9.17) is 10.5 Å². The average Bonchev–Trinajstić information content (AvgIpc) is 2.69. The molecule has 3 rings (SSSR count). The number of rotatable bonds is 4. The maximum Gasteiger partial charge on any atom is 0.266 e. The molecule has 0 unspecified atom stereocenters. The van der Waals surface area contributed by atoms with Gasteiger partial charge in [-0.15, -0.1) is 0 Å². The van der Waals surface area contributed by atoms with Crippen LogP contribution in [0.25, 0.3) is 0 Å². The highest BCUT2D eigenvalue weighted by Gasteiger charge is 2.27. The van der Waals surface area contributed by atoms with Crippen molar-refractivity contribution < 1.29 is 14.3 Å². The summed E-state index contributed by atoms with van der Waals surface area (Å²) < 4.78 is 5.11. The fourth-order valence-electron chi connectivity index (χ4n) is 2.43. The van der Waals surface area contributed by atoms with Crippen LogP contribution < -0.4 is 15.4 Å². The third-order valence-corrected chi connectivity index (χ3v) is 3.76. The molecule has 6 heteroatoms. The van der Waals surface area contributed by atoms with Gasteiger partial charge in [0.05, 0.1) is 7.11 Å². The first-order valence-electron chi connectivity index (χ1n) is 7.89. The number of imide groups is 1. The lowest BCUT2D eigenvalue weighted by atomic mass is 10.1. The number of carbonyl (C=O) groups is 2. The number of aromatic nitrogens is 1. The van der Waals surface area contributed by atoms with E-state index in [2.05, 4.69) is 4.98 Å². The second-order valence-corrected chi connectivity index (χ2v) is 5.49. The predicted molar refractivity (Wildman–Crippen MR) is 99.2 cm³/mol. The van der Waals surface area contributed by atoms with Crippen LogP contribution in [0.2, 0.25) is 0 Å². The molecule has 1 aromatic heterocycles. The molecule has 2 amide bonds. The Morgan fingerprint density at radius 2 is 1.54 bits per heavy atom. The number of anilines is 2. The predicted octanol–water partition coefficient (Wildman–Crippen LogP) is 3.16. The van der Waals surface area contributed by atoms with Crippen LogP contribution in [0.4, 0.5) is 11.5 Å². The van der Waals surface area contributed by atoms with Gasteiger partial charge in [0.25, 0.3) is 11.8 Å². The summed E-state index contributed by atoms with van der Waals surface area (Å²) in [6.45, 7) is 0. The number of ether oxygens (including phenoxy) is 1. The van der Waals surface area contributed by atoms with Crippen LogP contribution in [-0.4, -0.2) is 23.9 Å². The zero-order valence-corrected chi connectivity index (χ0v) is 14.1. The van der Waals surface area contributed by atoms with E-state index in [0.717, 1.165) is 4.90 Å². The summed E-state index contributed by atoms with van der Waals surface area (Å²) in [6, 6.07) is 18.1. The number of hydrogen-bond donors (Lipinski definition) is 1. The Kier molecular flexibility index (Phi) is 4.94. The molecule has 0 saturated heterocycles. The van der Waals surface area contributed by atoms with Crippen LogP contribution in [0.1, 0.15) is 20.7 Å². The number of nitrogen functional groups attached to an aromatic ring is 1. The Morgan fingerprint density at radius 1 is 0.923 bits per heavy atom. The summed E-state index contributed by atoms with van der Waals surface area (Å²) in [5.41, 5.74) is 6.92. The number of pyridine rings is 1. The van der Waals surface area contributed by atoms with Crippen LogP contribution in [-0.2, 0) is 0 Å². The standard InChI is InChI=1S/C20H17N3O3/c1-26-17-9-7-15(8-10-17)20(25)23(18-13-16(21)11-12-22-18)19(24)14-5-3-2-4-6-14/h2-13H,1H3,(H2,21,22). The third kappa shape index (κ3) is 3.54. The minimum atomic E-state index is -0.500. The van der Waals surface area contributed by atoms with Gasteiger partial charge in [-0.25, -0.2) is 9.88 Å². The number of benzene rings is 2. The molecule has 0 aliphatic rings. The first kappa shape index (κ1) is 17.2. The van der Waals surface area contributed by atoms with Crippen LogP contribution in [0.3, 0.4) is 0 Å². The quantitative estimate of drug-likeness (QED) is 0.733. The summed E-state index contributed by atoms with van der Waals surface area (Å²) in [6.07, 6.45) is 1.46. The van der Waals surface area contributed by atoms with Crippen LogP contribution >= 0.6 is 0 Å². The minimum Gasteiger partial charge on any atom is -0.497 e. The topological polar surface area (TPSA) is 85.5 Å². The Labute approximate surface area is 150 Å². The molecule has 0 bridgehead atoms. The maximum absolute atomic E-state index is 13.1. The zero-order chi connectivity index (χ0) is 18.5. The monoisotopic (exact) mass is 347 g/mol. The molecular weight excluding hydrogens is 330 g/mol. The van der Waals surface area contributed by atoms with Gasteiger partial charge in [0.1, 0.15) is 11.6 Å². The number of nitrogens with two attached hydrogens (primary N) is 1. The Hall–Kier alpha value is -3.67. The number of methoxy groups -OCH3 is 1. The summed E-state index contributed by atoms with van der Waals surface area (Å²) in [5, 5.41) is 0. The van der Waals surface area contributed by atoms with Gasteiger partial charge in [0.15, 0.2) is 0 Å². The summed E-state index contributed by atoms with van der Waals surface area (Å²) in [5.74, 6) is -0.201. The van der Waals surface area contributed by atoms with E-state index in [-0.39, 0.29) is 5.82 Å². The summed E-state index contributed by atoms with van der Waals surface area (Å²) in [7, 11) is 1.54. The lowest BCUT2D eigenvalue weighted by Gasteiger charge is -2.20. The van der Waals surface area contributed by atoms with Gasteiger partial charge >= 0.3 is 0 Å². The lowest BCUT2D eigenvalue weighted by molar-refractivity contribution is 0.0896. The van der Waals surface area contributed by atoms with Gasteiger partial charge in [-0.1, -0.05) is 18.2 Å².